The number of β-amino-alcohol motifs (C(OH)–C–C–N with tert-alkyl or cyclic N) is 1. The highest BCUT2D eigenvalue weighted by Gasteiger charge is 2.33. The Bertz CT molecular complexity index is 337. The minimum Gasteiger partial charge on any atom is -0.391 e. The monoisotopic (exact) mass is 247 g/mol. The fourth-order valence-electron chi connectivity index (χ4n) is 2.12. The number of aliphatic hydroxyl groups excluding tert-OH is 1. The molecule has 1 saturated carbocycles. The van der Waals surface area contributed by atoms with Gasteiger partial charge in [-0.25, -0.2) is 8.42 Å². The first kappa shape index (κ1) is 12.3. The van der Waals surface area contributed by atoms with Crippen LogP contribution >= 0.6 is 0 Å². The highest BCUT2D eigenvalue weighted by molar-refractivity contribution is 7.89. The number of hydrogen-bond acceptors (Lipinski definition) is 3. The summed E-state index contributed by atoms with van der Waals surface area (Å²) in [6.45, 7) is 2.83. The van der Waals surface area contributed by atoms with Crippen molar-refractivity contribution >= 4 is 10.0 Å². The van der Waals surface area contributed by atoms with Crippen molar-refractivity contribution in [2.24, 2.45) is 11.8 Å². The molecule has 1 heterocycles. The molecule has 5 heteroatoms. The van der Waals surface area contributed by atoms with Gasteiger partial charge in [-0.1, -0.05) is 19.8 Å². The number of piperidine rings is 1. The van der Waals surface area contributed by atoms with E-state index >= 15 is 0 Å². The van der Waals surface area contributed by atoms with Crippen molar-refractivity contribution in [3.8, 4) is 0 Å². The van der Waals surface area contributed by atoms with E-state index in [1.807, 2.05) is 6.92 Å². The Hall–Kier alpha value is -0.130. The van der Waals surface area contributed by atoms with Gasteiger partial charge in [-0.05, 0) is 24.7 Å². The number of nitrogens with zero attached hydrogens (tertiary/aromatic N) is 1. The molecule has 2 fully saturated rings. The zero-order valence-electron chi connectivity index (χ0n) is 9.80. The van der Waals surface area contributed by atoms with Gasteiger partial charge in [0.05, 0.1) is 11.9 Å². The molecule has 94 valence electrons. The fraction of sp³-hybridized carbons (Fsp3) is 1.00. The molecule has 2 aliphatic rings. The van der Waals surface area contributed by atoms with Crippen molar-refractivity contribution in [3.63, 3.8) is 0 Å². The number of hydrogen-bond donors (Lipinski definition) is 1. The van der Waals surface area contributed by atoms with Gasteiger partial charge in [0.2, 0.25) is 10.0 Å². The van der Waals surface area contributed by atoms with Crippen molar-refractivity contribution in [1.82, 2.24) is 4.31 Å². The van der Waals surface area contributed by atoms with Gasteiger partial charge in [0.1, 0.15) is 0 Å². The van der Waals surface area contributed by atoms with E-state index in [1.165, 1.54) is 17.1 Å². The molecule has 2 rings (SSSR count). The molecule has 0 aromatic heterocycles. The molecule has 0 aromatic rings. The van der Waals surface area contributed by atoms with E-state index in [9.17, 15) is 13.5 Å². The third-order valence-corrected chi connectivity index (χ3v) is 5.63. The third-order valence-electron chi connectivity index (χ3n) is 3.76. The summed E-state index contributed by atoms with van der Waals surface area (Å²) in [7, 11) is -3.12. The largest absolute Gasteiger partial charge is 0.391 e. The quantitative estimate of drug-likeness (QED) is 0.800. The summed E-state index contributed by atoms with van der Waals surface area (Å²) in [4.78, 5) is 0. The number of rotatable bonds is 4. The summed E-state index contributed by atoms with van der Waals surface area (Å²) in [5, 5.41) is 9.70. The molecule has 1 saturated heterocycles. The Morgan fingerprint density at radius 3 is 2.56 bits per heavy atom. The molecule has 2 unspecified atom stereocenters. The second-order valence-electron chi connectivity index (χ2n) is 5.24. The Morgan fingerprint density at radius 1 is 1.31 bits per heavy atom. The molecular formula is C11H21NO3S. The second-order valence-corrected chi connectivity index (χ2v) is 7.33. The lowest BCUT2D eigenvalue weighted by Gasteiger charge is -2.33. The number of sulfonamides is 1. The molecule has 0 aromatic carbocycles. The SMILES string of the molecule is CC1CCN(S(=O)(=O)CCC2CC2)CC1O. The second kappa shape index (κ2) is 4.63. The molecule has 0 spiro atoms. The van der Waals surface area contributed by atoms with Crippen molar-refractivity contribution < 1.29 is 13.5 Å². The minimum atomic E-state index is -3.12. The van der Waals surface area contributed by atoms with Crippen LogP contribution in [0.4, 0.5) is 0 Å². The molecule has 4 nitrogen and oxygen atoms in total. The molecule has 16 heavy (non-hydrogen) atoms. The summed E-state index contributed by atoms with van der Waals surface area (Å²) in [6.07, 6.45) is 3.45. The molecule has 1 aliphatic heterocycles. The van der Waals surface area contributed by atoms with Gasteiger partial charge in [-0.2, -0.15) is 4.31 Å². The van der Waals surface area contributed by atoms with Crippen LogP contribution in [0.2, 0.25) is 0 Å². The molecule has 0 radical (unpaired) electrons. The van der Waals surface area contributed by atoms with E-state index in [0.717, 1.165) is 12.8 Å². The van der Waals surface area contributed by atoms with Gasteiger partial charge in [0.15, 0.2) is 0 Å². The lowest BCUT2D eigenvalue weighted by atomic mass is 9.98. The minimum absolute atomic E-state index is 0.217. The number of aliphatic hydroxyl groups is 1. The predicted octanol–water partition coefficient (Wildman–Crippen LogP) is 0.819. The van der Waals surface area contributed by atoms with E-state index in [-0.39, 0.29) is 18.2 Å². The third kappa shape index (κ3) is 2.96. The van der Waals surface area contributed by atoms with Crippen LogP contribution in [0.3, 0.4) is 0 Å². The van der Waals surface area contributed by atoms with Gasteiger partial charge in [-0.15, -0.1) is 0 Å². The lowest BCUT2D eigenvalue weighted by Crippen LogP contribution is -2.46. The van der Waals surface area contributed by atoms with Gasteiger partial charge >= 0.3 is 0 Å². The summed E-state index contributed by atoms with van der Waals surface area (Å²) >= 11 is 0. The highest BCUT2D eigenvalue weighted by Crippen LogP contribution is 2.33. The summed E-state index contributed by atoms with van der Waals surface area (Å²) in [5.74, 6) is 1.12. The molecule has 1 N–H and O–H groups in total. The van der Waals surface area contributed by atoms with Gasteiger partial charge in [-0.3, -0.25) is 0 Å². The molecule has 0 amide bonds. The topological polar surface area (TPSA) is 57.6 Å². The van der Waals surface area contributed by atoms with Crippen molar-refractivity contribution in [3.05, 3.63) is 0 Å². The van der Waals surface area contributed by atoms with Crippen LogP contribution in [-0.2, 0) is 10.0 Å². The van der Waals surface area contributed by atoms with Crippen molar-refractivity contribution in [1.29, 1.82) is 0 Å². The van der Waals surface area contributed by atoms with Gasteiger partial charge < -0.3 is 5.11 Å². The Kier molecular flexibility index (Phi) is 3.56. The van der Waals surface area contributed by atoms with Gasteiger partial charge in [0.25, 0.3) is 0 Å². The van der Waals surface area contributed by atoms with Crippen LogP contribution in [-0.4, -0.2) is 42.8 Å². The molecule has 1 aliphatic carbocycles. The van der Waals surface area contributed by atoms with Crippen LogP contribution in [0, 0.1) is 11.8 Å². The van der Waals surface area contributed by atoms with E-state index in [4.69, 9.17) is 0 Å². The molecule has 2 atom stereocenters. The Labute approximate surface area is 97.7 Å². The zero-order valence-corrected chi connectivity index (χ0v) is 10.6. The maximum Gasteiger partial charge on any atom is 0.214 e. The van der Waals surface area contributed by atoms with Crippen molar-refractivity contribution in [2.75, 3.05) is 18.8 Å². The van der Waals surface area contributed by atoms with Crippen molar-refractivity contribution in [2.45, 2.75) is 38.7 Å². The highest BCUT2D eigenvalue weighted by atomic mass is 32.2. The van der Waals surface area contributed by atoms with Crippen LogP contribution in [0.15, 0.2) is 0 Å². The summed E-state index contributed by atoms with van der Waals surface area (Å²) in [5.41, 5.74) is 0. The Morgan fingerprint density at radius 2 is 2.00 bits per heavy atom. The van der Waals surface area contributed by atoms with E-state index in [1.54, 1.807) is 0 Å². The lowest BCUT2D eigenvalue weighted by molar-refractivity contribution is 0.0605. The average Bonchev–Trinajstić information content (AvgIpc) is 3.03. The predicted molar refractivity (Wildman–Crippen MR) is 62.5 cm³/mol. The van der Waals surface area contributed by atoms with Crippen LogP contribution < -0.4 is 0 Å². The maximum absolute atomic E-state index is 12.0. The summed E-state index contributed by atoms with van der Waals surface area (Å²) in [6, 6.07) is 0. The fourth-order valence-corrected chi connectivity index (χ4v) is 3.78. The Balaban J connectivity index is 1.89. The smallest absolute Gasteiger partial charge is 0.214 e. The van der Waals surface area contributed by atoms with E-state index in [2.05, 4.69) is 0 Å². The standard InChI is InChI=1S/C11H21NO3S/c1-9-4-6-12(8-11(9)13)16(14,15)7-5-10-2-3-10/h9-11,13H,2-8H2,1H3. The first-order valence-corrected chi connectivity index (χ1v) is 7.76. The molecule has 0 bridgehead atoms. The normalized spacial score (nSPS) is 32.9. The average molecular weight is 247 g/mol. The van der Waals surface area contributed by atoms with Crippen LogP contribution in [0.1, 0.15) is 32.6 Å². The summed E-state index contributed by atoms with van der Waals surface area (Å²) < 4.78 is 25.4. The first-order chi connectivity index (χ1) is 7.49. The van der Waals surface area contributed by atoms with Crippen LogP contribution in [0.5, 0.6) is 0 Å². The van der Waals surface area contributed by atoms with Gasteiger partial charge in [0, 0.05) is 13.1 Å². The van der Waals surface area contributed by atoms with E-state index < -0.39 is 16.1 Å². The zero-order chi connectivity index (χ0) is 11.8. The first-order valence-electron chi connectivity index (χ1n) is 6.15. The van der Waals surface area contributed by atoms with E-state index in [0.29, 0.717) is 12.5 Å². The molecular weight excluding hydrogens is 226 g/mol. The van der Waals surface area contributed by atoms with Crippen LogP contribution in [0.25, 0.3) is 0 Å². The maximum atomic E-state index is 12.0.